The number of hydrogen-bond donors (Lipinski definition) is 1. The Morgan fingerprint density at radius 3 is 2.59 bits per heavy atom. The van der Waals surface area contributed by atoms with E-state index in [2.05, 4.69) is 46.7 Å². The standard InChI is InChI=1S/C20H21ClN4OS/c1-13-8-10-15(11-9-13)12-27-20-24-23-18(25(20)3)14(2)22-19(26)16-6-4-5-7-17(16)21/h4-11,14H,12H2,1-3H3,(H,22,26)/t14-/m1/s1. The predicted octanol–water partition coefficient (Wildman–Crippen LogP) is 4.56. The van der Waals surface area contributed by atoms with Crippen molar-refractivity contribution < 1.29 is 4.79 Å². The van der Waals surface area contributed by atoms with Crippen LogP contribution in [0.3, 0.4) is 0 Å². The van der Waals surface area contributed by atoms with Crippen LogP contribution in [-0.4, -0.2) is 20.7 Å². The fraction of sp³-hybridized carbons (Fsp3) is 0.250. The molecular weight excluding hydrogens is 380 g/mol. The highest BCUT2D eigenvalue weighted by molar-refractivity contribution is 7.98. The van der Waals surface area contributed by atoms with E-state index in [1.165, 1.54) is 11.1 Å². The van der Waals surface area contributed by atoms with Crippen molar-refractivity contribution in [3.8, 4) is 0 Å². The first-order chi connectivity index (χ1) is 13.0. The molecule has 0 spiro atoms. The summed E-state index contributed by atoms with van der Waals surface area (Å²) in [4.78, 5) is 12.4. The molecule has 27 heavy (non-hydrogen) atoms. The first-order valence-electron chi connectivity index (χ1n) is 8.58. The summed E-state index contributed by atoms with van der Waals surface area (Å²) < 4.78 is 1.91. The number of thioether (sulfide) groups is 1. The Kier molecular flexibility index (Phi) is 6.19. The van der Waals surface area contributed by atoms with Crippen LogP contribution in [0.2, 0.25) is 5.02 Å². The lowest BCUT2D eigenvalue weighted by atomic mass is 10.2. The molecule has 0 aliphatic rings. The largest absolute Gasteiger partial charge is 0.342 e. The van der Waals surface area contributed by atoms with Gasteiger partial charge in [-0.1, -0.05) is 65.3 Å². The molecule has 0 saturated carbocycles. The van der Waals surface area contributed by atoms with Crippen LogP contribution in [0, 0.1) is 6.92 Å². The van der Waals surface area contributed by atoms with E-state index in [0.717, 1.165) is 10.9 Å². The van der Waals surface area contributed by atoms with Crippen molar-refractivity contribution >= 4 is 29.3 Å². The number of rotatable bonds is 6. The number of carbonyl (C=O) groups is 1. The number of benzene rings is 2. The van der Waals surface area contributed by atoms with E-state index in [1.54, 1.807) is 36.0 Å². The van der Waals surface area contributed by atoms with Crippen molar-refractivity contribution in [1.82, 2.24) is 20.1 Å². The zero-order valence-corrected chi connectivity index (χ0v) is 17.0. The Balaban J connectivity index is 1.66. The molecule has 140 valence electrons. The maximum atomic E-state index is 12.4. The van der Waals surface area contributed by atoms with E-state index < -0.39 is 0 Å². The maximum Gasteiger partial charge on any atom is 0.253 e. The van der Waals surface area contributed by atoms with Gasteiger partial charge in [-0.2, -0.15) is 0 Å². The highest BCUT2D eigenvalue weighted by Gasteiger charge is 2.19. The number of hydrogen-bond acceptors (Lipinski definition) is 4. The quantitative estimate of drug-likeness (QED) is 0.616. The first-order valence-corrected chi connectivity index (χ1v) is 9.95. The van der Waals surface area contributed by atoms with Crippen molar-refractivity contribution in [3.63, 3.8) is 0 Å². The molecule has 1 atom stereocenters. The number of carbonyl (C=O) groups excluding carboxylic acids is 1. The summed E-state index contributed by atoms with van der Waals surface area (Å²) in [7, 11) is 1.91. The van der Waals surface area contributed by atoms with Gasteiger partial charge in [-0.15, -0.1) is 10.2 Å². The van der Waals surface area contributed by atoms with Crippen LogP contribution >= 0.6 is 23.4 Å². The normalized spacial score (nSPS) is 12.0. The Labute approximate surface area is 168 Å². The minimum Gasteiger partial charge on any atom is -0.342 e. The van der Waals surface area contributed by atoms with Gasteiger partial charge >= 0.3 is 0 Å². The van der Waals surface area contributed by atoms with Crippen molar-refractivity contribution in [3.05, 3.63) is 76.1 Å². The van der Waals surface area contributed by atoms with Gasteiger partial charge in [0.05, 0.1) is 16.6 Å². The van der Waals surface area contributed by atoms with Gasteiger partial charge in [0.25, 0.3) is 5.91 Å². The van der Waals surface area contributed by atoms with E-state index >= 15 is 0 Å². The molecule has 2 aromatic carbocycles. The second kappa shape index (κ2) is 8.59. The van der Waals surface area contributed by atoms with E-state index in [4.69, 9.17) is 11.6 Å². The van der Waals surface area contributed by atoms with Crippen LogP contribution < -0.4 is 5.32 Å². The van der Waals surface area contributed by atoms with Crippen molar-refractivity contribution in [2.45, 2.75) is 30.8 Å². The van der Waals surface area contributed by atoms with E-state index in [-0.39, 0.29) is 11.9 Å². The topological polar surface area (TPSA) is 59.8 Å². The molecule has 0 unspecified atom stereocenters. The summed E-state index contributed by atoms with van der Waals surface area (Å²) in [5, 5.41) is 12.7. The van der Waals surface area contributed by atoms with Crippen LogP contribution in [-0.2, 0) is 12.8 Å². The molecule has 0 saturated heterocycles. The van der Waals surface area contributed by atoms with Gasteiger partial charge in [-0.3, -0.25) is 4.79 Å². The second-order valence-electron chi connectivity index (χ2n) is 6.35. The fourth-order valence-corrected chi connectivity index (χ4v) is 3.74. The summed E-state index contributed by atoms with van der Waals surface area (Å²) in [5.74, 6) is 1.28. The fourth-order valence-electron chi connectivity index (χ4n) is 2.65. The van der Waals surface area contributed by atoms with Crippen molar-refractivity contribution in [2.24, 2.45) is 7.05 Å². The Morgan fingerprint density at radius 1 is 1.19 bits per heavy atom. The average Bonchev–Trinajstić information content (AvgIpc) is 3.02. The minimum absolute atomic E-state index is 0.232. The summed E-state index contributed by atoms with van der Waals surface area (Å²) in [6.07, 6.45) is 0. The molecule has 0 aliphatic carbocycles. The maximum absolute atomic E-state index is 12.4. The zero-order chi connectivity index (χ0) is 19.4. The minimum atomic E-state index is -0.292. The molecular formula is C20H21ClN4OS. The SMILES string of the molecule is Cc1ccc(CSc2nnc([C@@H](C)NC(=O)c3ccccc3Cl)n2C)cc1. The van der Waals surface area contributed by atoms with Crippen LogP contribution in [0.25, 0.3) is 0 Å². The summed E-state index contributed by atoms with van der Waals surface area (Å²) in [5.41, 5.74) is 2.92. The Morgan fingerprint density at radius 2 is 1.89 bits per heavy atom. The highest BCUT2D eigenvalue weighted by atomic mass is 35.5. The number of nitrogens with zero attached hydrogens (tertiary/aromatic N) is 3. The molecule has 7 heteroatoms. The number of halogens is 1. The Hall–Kier alpha value is -2.31. The number of aryl methyl sites for hydroxylation is 1. The molecule has 0 fully saturated rings. The molecule has 1 N–H and O–H groups in total. The average molecular weight is 401 g/mol. The monoisotopic (exact) mass is 400 g/mol. The first kappa shape index (κ1) is 19.5. The third-order valence-corrected chi connectivity index (χ3v) is 5.63. The summed E-state index contributed by atoms with van der Waals surface area (Å²) in [6, 6.07) is 15.1. The molecule has 1 amide bonds. The molecule has 0 radical (unpaired) electrons. The van der Waals surface area contributed by atoms with Gasteiger partial charge in [-0.05, 0) is 31.5 Å². The lowest BCUT2D eigenvalue weighted by Gasteiger charge is -2.14. The zero-order valence-electron chi connectivity index (χ0n) is 15.4. The van der Waals surface area contributed by atoms with Crippen LogP contribution in [0.15, 0.2) is 53.7 Å². The van der Waals surface area contributed by atoms with E-state index in [9.17, 15) is 4.79 Å². The van der Waals surface area contributed by atoms with Gasteiger partial charge in [0, 0.05) is 12.8 Å². The van der Waals surface area contributed by atoms with Crippen LogP contribution in [0.5, 0.6) is 0 Å². The van der Waals surface area contributed by atoms with Gasteiger partial charge in [0.2, 0.25) is 0 Å². The molecule has 5 nitrogen and oxygen atoms in total. The smallest absolute Gasteiger partial charge is 0.253 e. The Bertz CT molecular complexity index is 939. The summed E-state index contributed by atoms with van der Waals surface area (Å²) >= 11 is 7.71. The van der Waals surface area contributed by atoms with Crippen LogP contribution in [0.1, 0.15) is 40.3 Å². The van der Waals surface area contributed by atoms with Crippen LogP contribution in [0.4, 0.5) is 0 Å². The number of aromatic nitrogens is 3. The molecule has 3 rings (SSSR count). The lowest BCUT2D eigenvalue weighted by Crippen LogP contribution is -2.28. The predicted molar refractivity (Wildman–Crippen MR) is 109 cm³/mol. The van der Waals surface area contributed by atoms with Gasteiger partial charge in [0.1, 0.15) is 0 Å². The van der Waals surface area contributed by atoms with Crippen molar-refractivity contribution in [1.29, 1.82) is 0 Å². The summed E-state index contributed by atoms with van der Waals surface area (Å²) in [6.45, 7) is 3.96. The van der Waals surface area contributed by atoms with Crippen molar-refractivity contribution in [2.75, 3.05) is 0 Å². The highest BCUT2D eigenvalue weighted by Crippen LogP contribution is 2.23. The molecule has 0 aliphatic heterocycles. The van der Waals surface area contributed by atoms with Gasteiger partial charge in [-0.25, -0.2) is 0 Å². The molecule has 3 aromatic rings. The number of amides is 1. The molecule has 1 heterocycles. The third-order valence-electron chi connectivity index (χ3n) is 4.21. The second-order valence-corrected chi connectivity index (χ2v) is 7.70. The number of nitrogens with one attached hydrogen (secondary N) is 1. The third kappa shape index (κ3) is 4.70. The van der Waals surface area contributed by atoms with E-state index in [1.807, 2.05) is 18.5 Å². The lowest BCUT2D eigenvalue weighted by molar-refractivity contribution is 0.0938. The molecule has 0 bridgehead atoms. The van der Waals surface area contributed by atoms with Gasteiger partial charge in [0.15, 0.2) is 11.0 Å². The van der Waals surface area contributed by atoms with Gasteiger partial charge < -0.3 is 9.88 Å². The molecule has 1 aromatic heterocycles. The van der Waals surface area contributed by atoms with E-state index in [0.29, 0.717) is 16.4 Å².